The summed E-state index contributed by atoms with van der Waals surface area (Å²) in [6.45, 7) is 6.76. The van der Waals surface area contributed by atoms with E-state index in [1.165, 1.54) is 32.5 Å². The monoisotopic (exact) mass is 300 g/mol. The molecule has 0 aliphatic carbocycles. The number of nitrogens with one attached hydrogen (secondary N) is 1. The number of unbranched alkanes of at least 4 members (excludes halogenated alkanes) is 1. The smallest absolute Gasteiger partial charge is 0.243 e. The van der Waals surface area contributed by atoms with Crippen molar-refractivity contribution in [3.05, 3.63) is 42.0 Å². The molecule has 0 saturated carbocycles. The summed E-state index contributed by atoms with van der Waals surface area (Å²) >= 11 is 0. The van der Waals surface area contributed by atoms with Crippen LogP contribution in [0.2, 0.25) is 0 Å². The lowest BCUT2D eigenvalue weighted by atomic mass is 10.0. The fraction of sp³-hybridized carbons (Fsp3) is 0.526. The maximum Gasteiger partial charge on any atom is 0.243 e. The van der Waals surface area contributed by atoms with Gasteiger partial charge in [0.15, 0.2) is 0 Å². The van der Waals surface area contributed by atoms with Crippen LogP contribution in [-0.4, -0.2) is 37.0 Å². The van der Waals surface area contributed by atoms with Crippen LogP contribution in [0, 0.1) is 5.92 Å². The van der Waals surface area contributed by atoms with Gasteiger partial charge in [-0.1, -0.05) is 37.3 Å². The minimum Gasteiger partial charge on any atom is -0.353 e. The van der Waals surface area contributed by atoms with E-state index in [0.29, 0.717) is 0 Å². The van der Waals surface area contributed by atoms with Crippen molar-refractivity contribution in [1.29, 1.82) is 0 Å². The minimum absolute atomic E-state index is 0.00422. The Morgan fingerprint density at radius 3 is 2.91 bits per heavy atom. The molecule has 1 saturated heterocycles. The van der Waals surface area contributed by atoms with Gasteiger partial charge >= 0.3 is 0 Å². The highest BCUT2D eigenvalue weighted by atomic mass is 16.1. The van der Waals surface area contributed by atoms with E-state index in [0.717, 1.165) is 30.9 Å². The van der Waals surface area contributed by atoms with Crippen molar-refractivity contribution in [2.75, 3.05) is 26.2 Å². The quantitative estimate of drug-likeness (QED) is 0.619. The average Bonchev–Trinajstić information content (AvgIpc) is 2.54. The molecule has 2 rings (SSSR count). The van der Waals surface area contributed by atoms with Crippen molar-refractivity contribution in [3.8, 4) is 0 Å². The summed E-state index contributed by atoms with van der Waals surface area (Å²) in [6.07, 6.45) is 8.39. The molecule has 0 spiro atoms. The lowest BCUT2D eigenvalue weighted by Gasteiger charge is -2.30. The Morgan fingerprint density at radius 2 is 2.14 bits per heavy atom. The van der Waals surface area contributed by atoms with Crippen molar-refractivity contribution in [2.45, 2.75) is 32.6 Å². The number of likely N-dealkylation sites (tertiary alicyclic amines) is 1. The minimum atomic E-state index is -0.00422. The molecule has 0 bridgehead atoms. The third-order valence-corrected chi connectivity index (χ3v) is 4.17. The molecule has 0 unspecified atom stereocenters. The van der Waals surface area contributed by atoms with Crippen LogP contribution in [0.3, 0.4) is 0 Å². The molecule has 1 fully saturated rings. The third kappa shape index (κ3) is 6.44. The van der Waals surface area contributed by atoms with Gasteiger partial charge in [-0.05, 0) is 56.3 Å². The first-order valence-electron chi connectivity index (χ1n) is 8.47. The number of carbonyl (C=O) groups is 1. The first kappa shape index (κ1) is 16.8. The fourth-order valence-electron chi connectivity index (χ4n) is 2.96. The topological polar surface area (TPSA) is 32.3 Å². The zero-order chi connectivity index (χ0) is 15.6. The Kier molecular flexibility index (Phi) is 7.17. The molecule has 0 aromatic heterocycles. The fourth-order valence-corrected chi connectivity index (χ4v) is 2.96. The summed E-state index contributed by atoms with van der Waals surface area (Å²) in [5.41, 5.74) is 1.05. The van der Waals surface area contributed by atoms with Gasteiger partial charge in [-0.15, -0.1) is 0 Å². The maximum atomic E-state index is 11.7. The van der Waals surface area contributed by atoms with Crippen LogP contribution in [0.15, 0.2) is 36.4 Å². The lowest BCUT2D eigenvalue weighted by Crippen LogP contribution is -2.35. The Bertz CT molecular complexity index is 470. The van der Waals surface area contributed by atoms with Crippen LogP contribution in [0.4, 0.5) is 0 Å². The number of rotatable bonds is 7. The van der Waals surface area contributed by atoms with Gasteiger partial charge in [-0.2, -0.15) is 0 Å². The second-order valence-corrected chi connectivity index (χ2v) is 6.29. The molecule has 1 heterocycles. The van der Waals surface area contributed by atoms with Crippen molar-refractivity contribution in [2.24, 2.45) is 5.92 Å². The first-order valence-corrected chi connectivity index (χ1v) is 8.47. The number of nitrogens with zero attached hydrogens (tertiary/aromatic N) is 1. The molecule has 1 aliphatic rings. The molecule has 120 valence electrons. The second-order valence-electron chi connectivity index (χ2n) is 6.29. The Hall–Kier alpha value is -1.61. The number of benzene rings is 1. The standard InChI is InChI=1S/C19H28N2O/c1-17-8-7-15-21(16-17)14-6-5-13-20-19(22)12-11-18-9-3-2-4-10-18/h2-4,9-12,17H,5-8,13-16H2,1H3,(H,20,22)/b12-11+/t17-/m0/s1. The van der Waals surface area contributed by atoms with Crippen molar-refractivity contribution in [1.82, 2.24) is 10.2 Å². The molecular weight excluding hydrogens is 272 g/mol. The van der Waals surface area contributed by atoms with E-state index >= 15 is 0 Å². The van der Waals surface area contributed by atoms with E-state index < -0.39 is 0 Å². The summed E-state index contributed by atoms with van der Waals surface area (Å²) in [5, 5.41) is 2.96. The van der Waals surface area contributed by atoms with Crippen LogP contribution in [0.25, 0.3) is 6.08 Å². The van der Waals surface area contributed by atoms with Gasteiger partial charge in [0, 0.05) is 19.2 Å². The number of piperidine rings is 1. The molecule has 1 aromatic carbocycles. The van der Waals surface area contributed by atoms with E-state index in [1.807, 2.05) is 36.4 Å². The van der Waals surface area contributed by atoms with Gasteiger partial charge in [-0.3, -0.25) is 4.79 Å². The Morgan fingerprint density at radius 1 is 1.32 bits per heavy atom. The van der Waals surface area contributed by atoms with Gasteiger partial charge in [-0.25, -0.2) is 0 Å². The van der Waals surface area contributed by atoms with Crippen LogP contribution in [0.5, 0.6) is 0 Å². The van der Waals surface area contributed by atoms with Crippen molar-refractivity contribution < 1.29 is 4.79 Å². The average molecular weight is 300 g/mol. The van der Waals surface area contributed by atoms with Gasteiger partial charge in [0.1, 0.15) is 0 Å². The predicted molar refractivity (Wildman–Crippen MR) is 92.6 cm³/mol. The molecule has 1 atom stereocenters. The normalized spacial score (nSPS) is 19.4. The predicted octanol–water partition coefficient (Wildman–Crippen LogP) is 3.33. The van der Waals surface area contributed by atoms with Gasteiger partial charge in [0.05, 0.1) is 0 Å². The van der Waals surface area contributed by atoms with Crippen LogP contribution in [-0.2, 0) is 4.79 Å². The lowest BCUT2D eigenvalue weighted by molar-refractivity contribution is -0.116. The summed E-state index contributed by atoms with van der Waals surface area (Å²) in [4.78, 5) is 14.3. The molecule has 1 N–H and O–H groups in total. The Labute approximate surface area is 134 Å². The highest BCUT2D eigenvalue weighted by Gasteiger charge is 2.15. The van der Waals surface area contributed by atoms with Crippen LogP contribution < -0.4 is 5.32 Å². The molecular formula is C19H28N2O. The second kappa shape index (κ2) is 9.42. The largest absolute Gasteiger partial charge is 0.353 e. The zero-order valence-corrected chi connectivity index (χ0v) is 13.6. The molecule has 22 heavy (non-hydrogen) atoms. The number of amides is 1. The molecule has 3 nitrogen and oxygen atoms in total. The van der Waals surface area contributed by atoms with Crippen LogP contribution >= 0.6 is 0 Å². The first-order chi connectivity index (χ1) is 10.7. The van der Waals surface area contributed by atoms with Crippen molar-refractivity contribution in [3.63, 3.8) is 0 Å². The van der Waals surface area contributed by atoms with E-state index in [1.54, 1.807) is 6.08 Å². The van der Waals surface area contributed by atoms with E-state index in [4.69, 9.17) is 0 Å². The van der Waals surface area contributed by atoms with E-state index in [2.05, 4.69) is 17.1 Å². The zero-order valence-electron chi connectivity index (χ0n) is 13.6. The number of carbonyl (C=O) groups excluding carboxylic acids is 1. The van der Waals surface area contributed by atoms with Gasteiger partial charge in [0.2, 0.25) is 5.91 Å². The Balaban J connectivity index is 1.54. The van der Waals surface area contributed by atoms with Gasteiger partial charge in [0.25, 0.3) is 0 Å². The summed E-state index contributed by atoms with van der Waals surface area (Å²) in [7, 11) is 0. The van der Waals surface area contributed by atoms with E-state index in [9.17, 15) is 4.79 Å². The van der Waals surface area contributed by atoms with Crippen molar-refractivity contribution >= 4 is 12.0 Å². The van der Waals surface area contributed by atoms with Crippen LogP contribution in [0.1, 0.15) is 38.2 Å². The SMILES string of the molecule is C[C@H]1CCCN(CCCCNC(=O)/C=C/c2ccccc2)C1. The maximum absolute atomic E-state index is 11.7. The summed E-state index contributed by atoms with van der Waals surface area (Å²) < 4.78 is 0. The van der Waals surface area contributed by atoms with Gasteiger partial charge < -0.3 is 10.2 Å². The molecule has 0 radical (unpaired) electrons. The number of hydrogen-bond donors (Lipinski definition) is 1. The molecule has 1 aromatic rings. The highest BCUT2D eigenvalue weighted by Crippen LogP contribution is 2.15. The molecule has 1 amide bonds. The molecule has 3 heteroatoms. The molecule has 1 aliphatic heterocycles. The third-order valence-electron chi connectivity index (χ3n) is 4.17. The summed E-state index contributed by atoms with van der Waals surface area (Å²) in [6, 6.07) is 9.89. The highest BCUT2D eigenvalue weighted by molar-refractivity contribution is 5.91. The number of hydrogen-bond acceptors (Lipinski definition) is 2. The summed E-state index contributed by atoms with van der Waals surface area (Å²) in [5.74, 6) is 0.840. The van der Waals surface area contributed by atoms with E-state index in [-0.39, 0.29) is 5.91 Å².